The highest BCUT2D eigenvalue weighted by Crippen LogP contribution is 2.47. The van der Waals surface area contributed by atoms with Gasteiger partial charge in [0.15, 0.2) is 0 Å². The van der Waals surface area contributed by atoms with E-state index in [-0.39, 0.29) is 73.7 Å². The summed E-state index contributed by atoms with van der Waals surface area (Å²) in [6.45, 7) is 13.1. The van der Waals surface area contributed by atoms with Crippen LogP contribution in [0, 0.1) is 31.0 Å². The van der Waals surface area contributed by atoms with Crippen LogP contribution in [-0.4, -0.2) is 154 Å². The monoisotopic (exact) mass is 1200 g/mol. The molecule has 3 aromatic carbocycles. The number of pyridine rings is 2. The number of rotatable bonds is 13. The zero-order chi connectivity index (χ0) is 61.4. The van der Waals surface area contributed by atoms with Gasteiger partial charge in [-0.15, -0.1) is 0 Å². The van der Waals surface area contributed by atoms with Crippen LogP contribution >= 0.6 is 0 Å². The minimum absolute atomic E-state index is 0.00290. The molecule has 0 bridgehead atoms. The molecule has 458 valence electrons. The van der Waals surface area contributed by atoms with Gasteiger partial charge in [0.25, 0.3) is 11.5 Å². The lowest BCUT2D eigenvalue weighted by Crippen LogP contribution is -2.56. The Morgan fingerprint density at radius 3 is 2.48 bits per heavy atom. The van der Waals surface area contributed by atoms with Crippen molar-refractivity contribution in [3.8, 4) is 23.5 Å². The minimum atomic E-state index is -2.02. The van der Waals surface area contributed by atoms with Crippen LogP contribution in [0.2, 0.25) is 0 Å². The van der Waals surface area contributed by atoms with E-state index < -0.39 is 53.9 Å². The topological polar surface area (TPSA) is 235 Å². The van der Waals surface area contributed by atoms with E-state index in [9.17, 15) is 29.2 Å². The second-order valence-electron chi connectivity index (χ2n) is 24.7. The standard InChI is InChI=1S/C66H73FN12O9/c1-7-66(48-28-54-58-46(32-79(54)61(81)47(48)36-85-62(66)82)56-50(69)19-18-44-39(4)49(67)29-51(70-58)57(44)56)88-64(83)74(6)30-41-15-11-24-78(41)65(84)87-34-38(3)60(80)77-27-26-76(31-42(77)20-22-68)59-45-21-25-75(53-17-9-14-40-13-8-12-37(2)55(40)53)33-52(45)71-63(72-59)86-35-43-16-10-23-73(43)5/h8-9,12-14,17,28-29,41-43,50H,3,7,10-11,15-16,18-21,23-27,30-36,69H2,1-2,4-6H3. The number of likely N-dealkylation sites (N-methyl/N-ethyl adjacent to an activating group) is 2. The number of nitrogens with zero attached hydrogens (tertiary/aromatic N) is 11. The molecule has 21 nitrogen and oxygen atoms in total. The first-order valence-corrected chi connectivity index (χ1v) is 30.8. The van der Waals surface area contributed by atoms with Crippen LogP contribution in [0.3, 0.4) is 0 Å². The number of halogens is 1. The second kappa shape index (κ2) is 23.1. The molecule has 3 aromatic heterocycles. The summed E-state index contributed by atoms with van der Waals surface area (Å²) < 4.78 is 40.9. The normalized spacial score (nSPS) is 22.0. The number of aromatic nitrogens is 4. The van der Waals surface area contributed by atoms with Crippen molar-refractivity contribution in [3.63, 3.8) is 0 Å². The molecule has 2 N–H and O–H groups in total. The maximum atomic E-state index is 15.3. The van der Waals surface area contributed by atoms with Gasteiger partial charge in [0, 0.05) is 103 Å². The van der Waals surface area contributed by atoms with E-state index in [0.717, 1.165) is 70.8 Å². The fourth-order valence-corrected chi connectivity index (χ4v) is 14.8. The molecule has 88 heavy (non-hydrogen) atoms. The average Bonchev–Trinajstić information content (AvgIpc) is 1.46. The Kier molecular flexibility index (Phi) is 15.3. The number of likely N-dealkylation sites (tertiary alicyclic amines) is 2. The van der Waals surface area contributed by atoms with Crippen molar-refractivity contribution in [2.24, 2.45) is 5.73 Å². The number of nitrogens with two attached hydrogens (primary N) is 1. The van der Waals surface area contributed by atoms with Gasteiger partial charge in [0.1, 0.15) is 31.5 Å². The number of amides is 3. The second-order valence-corrected chi connectivity index (χ2v) is 24.7. The van der Waals surface area contributed by atoms with Crippen LogP contribution < -0.4 is 25.8 Å². The van der Waals surface area contributed by atoms with Gasteiger partial charge in [0.2, 0.25) is 5.60 Å². The van der Waals surface area contributed by atoms with Crippen molar-refractivity contribution >= 4 is 57.2 Å². The van der Waals surface area contributed by atoms with Gasteiger partial charge in [-0.25, -0.2) is 23.8 Å². The van der Waals surface area contributed by atoms with Gasteiger partial charge in [-0.2, -0.15) is 15.2 Å². The zero-order valence-corrected chi connectivity index (χ0v) is 50.5. The quantitative estimate of drug-likeness (QED) is 0.0664. The summed E-state index contributed by atoms with van der Waals surface area (Å²) in [4.78, 5) is 97.3. The molecule has 0 spiro atoms. The molecule has 3 saturated heterocycles. The number of aryl methyl sites for hydroxylation is 2. The van der Waals surface area contributed by atoms with Crippen LogP contribution in [0.25, 0.3) is 33.1 Å². The van der Waals surface area contributed by atoms with Crippen molar-refractivity contribution in [1.29, 1.82) is 5.26 Å². The third-order valence-corrected chi connectivity index (χ3v) is 19.6. The Bertz CT molecular complexity index is 4010. The maximum absolute atomic E-state index is 15.3. The van der Waals surface area contributed by atoms with Gasteiger partial charge < -0.3 is 58.6 Å². The smallest absolute Gasteiger partial charge is 0.411 e. The molecule has 5 atom stereocenters. The molecule has 3 amide bonds. The van der Waals surface area contributed by atoms with Gasteiger partial charge in [-0.1, -0.05) is 43.8 Å². The Morgan fingerprint density at radius 2 is 1.69 bits per heavy atom. The predicted molar refractivity (Wildman–Crippen MR) is 326 cm³/mol. The summed E-state index contributed by atoms with van der Waals surface area (Å²) in [6, 6.07) is 17.2. The average molecular weight is 1200 g/mol. The highest BCUT2D eigenvalue weighted by molar-refractivity contribution is 5.98. The molecule has 6 aliphatic heterocycles. The van der Waals surface area contributed by atoms with Gasteiger partial charge in [-0.05, 0) is 119 Å². The first-order chi connectivity index (χ1) is 42.5. The van der Waals surface area contributed by atoms with Gasteiger partial charge >= 0.3 is 24.2 Å². The Hall–Kier alpha value is -8.68. The van der Waals surface area contributed by atoms with Crippen molar-refractivity contribution < 1.29 is 42.5 Å². The summed E-state index contributed by atoms with van der Waals surface area (Å²) in [5.41, 5.74) is 13.2. The number of hydrogen-bond acceptors (Lipinski definition) is 17. The molecule has 1 aliphatic carbocycles. The summed E-state index contributed by atoms with van der Waals surface area (Å²) >= 11 is 0. The third-order valence-electron chi connectivity index (χ3n) is 19.6. The Balaban J connectivity index is 0.669. The number of esters is 1. The molecule has 0 radical (unpaired) electrons. The van der Waals surface area contributed by atoms with Crippen LogP contribution in [0.4, 0.5) is 25.5 Å². The van der Waals surface area contributed by atoms with Gasteiger partial charge in [0.05, 0.1) is 65.8 Å². The number of ether oxygens (including phenoxy) is 4. The third kappa shape index (κ3) is 9.99. The van der Waals surface area contributed by atoms with Crippen molar-refractivity contribution in [2.45, 2.75) is 128 Å². The number of fused-ring (bicyclic) bond motifs is 7. The molecule has 3 fully saturated rings. The van der Waals surface area contributed by atoms with E-state index in [4.69, 9.17) is 39.6 Å². The first kappa shape index (κ1) is 58.3. The SMILES string of the molecule is C=C(COC(=O)N1CCCC1CN(C)C(=O)OC1(CC)C(=O)OCc2c1cc1n(c2=O)Cc2c-1nc1cc(F)c(C)c3c1c2C(N)CC3)C(=O)N1CCN(c2nc(OCC3CCCN3C)nc3c2CCN(c2cccc4cccc(C)c24)C3)CC1CC#N. The zero-order valence-electron chi connectivity index (χ0n) is 50.5. The largest absolute Gasteiger partial charge is 0.462 e. The van der Waals surface area contributed by atoms with Gasteiger partial charge in [-0.3, -0.25) is 9.59 Å². The fourth-order valence-electron chi connectivity index (χ4n) is 14.8. The number of carbonyl (C=O) groups excluding carboxylic acids is 4. The number of piperazine rings is 1. The predicted octanol–water partition coefficient (Wildman–Crippen LogP) is 7.62. The highest BCUT2D eigenvalue weighted by Gasteiger charge is 2.52. The number of cyclic esters (lactones) is 1. The maximum Gasteiger partial charge on any atom is 0.411 e. The number of benzene rings is 3. The van der Waals surface area contributed by atoms with Crippen molar-refractivity contribution in [1.82, 2.24) is 39.1 Å². The molecule has 7 aliphatic rings. The van der Waals surface area contributed by atoms with Crippen LogP contribution in [-0.2, 0) is 61.9 Å². The molecule has 6 aromatic rings. The molecule has 5 unspecified atom stereocenters. The lowest BCUT2D eigenvalue weighted by atomic mass is 9.82. The summed E-state index contributed by atoms with van der Waals surface area (Å²) in [7, 11) is 3.60. The lowest BCUT2D eigenvalue weighted by Gasteiger charge is -2.42. The molecule has 22 heteroatoms. The summed E-state index contributed by atoms with van der Waals surface area (Å²) in [5, 5.41) is 13.4. The Labute approximate surface area is 509 Å². The molecule has 9 heterocycles. The van der Waals surface area contributed by atoms with Crippen LogP contribution in [0.15, 0.2) is 65.5 Å². The summed E-state index contributed by atoms with van der Waals surface area (Å²) in [5.74, 6) is -0.919. The van der Waals surface area contributed by atoms with Crippen molar-refractivity contribution in [3.05, 3.63) is 127 Å². The van der Waals surface area contributed by atoms with E-state index in [1.165, 1.54) is 39.2 Å². The van der Waals surface area contributed by atoms with E-state index in [1.807, 2.05) is 0 Å². The van der Waals surface area contributed by atoms with E-state index in [0.29, 0.717) is 93.4 Å². The number of carbonyl (C=O) groups is 4. The minimum Gasteiger partial charge on any atom is -0.462 e. The van der Waals surface area contributed by atoms with Crippen LogP contribution in [0.1, 0.15) is 108 Å². The number of nitriles is 1. The Morgan fingerprint density at radius 1 is 0.898 bits per heavy atom. The highest BCUT2D eigenvalue weighted by atomic mass is 19.1. The van der Waals surface area contributed by atoms with E-state index >= 15 is 4.39 Å². The molecule has 0 saturated carbocycles. The molecular formula is C66H73FN12O9. The first-order valence-electron chi connectivity index (χ1n) is 30.8. The van der Waals surface area contributed by atoms with E-state index in [1.54, 1.807) is 29.4 Å². The van der Waals surface area contributed by atoms with Crippen LogP contribution in [0.5, 0.6) is 6.01 Å². The lowest BCUT2D eigenvalue weighted by molar-refractivity contribution is -0.173. The number of anilines is 2. The van der Waals surface area contributed by atoms with Crippen molar-refractivity contribution in [2.75, 3.05) is 82.9 Å². The molecular weight excluding hydrogens is 1120 g/mol. The summed E-state index contributed by atoms with van der Waals surface area (Å²) in [6.07, 6.45) is 3.48. The number of hydrogen-bond donors (Lipinski definition) is 1. The van der Waals surface area contributed by atoms with E-state index in [2.05, 4.69) is 77.7 Å². The molecule has 13 rings (SSSR count). The fraction of sp³-hybridized carbons (Fsp3) is 0.470.